The van der Waals surface area contributed by atoms with Crippen molar-refractivity contribution in [3.63, 3.8) is 0 Å². The summed E-state index contributed by atoms with van der Waals surface area (Å²) in [5, 5.41) is 5.37. The Labute approximate surface area is 100 Å². The monoisotopic (exact) mass is 238 g/mol. The van der Waals surface area contributed by atoms with E-state index in [9.17, 15) is 4.79 Å². The highest BCUT2D eigenvalue weighted by molar-refractivity contribution is 7.12. The summed E-state index contributed by atoms with van der Waals surface area (Å²) in [7, 11) is 0. The summed E-state index contributed by atoms with van der Waals surface area (Å²) >= 11 is 1.54. The molecule has 4 heteroatoms. The molecule has 88 valence electrons. The topological polar surface area (TPSA) is 32.3 Å². The summed E-state index contributed by atoms with van der Waals surface area (Å²) in [6.45, 7) is 7.94. The van der Waals surface area contributed by atoms with E-state index in [1.807, 2.05) is 23.3 Å². The van der Waals surface area contributed by atoms with Gasteiger partial charge in [0, 0.05) is 25.2 Å². The minimum absolute atomic E-state index is 0.188. The molecule has 2 unspecified atom stereocenters. The lowest BCUT2D eigenvalue weighted by Crippen LogP contribution is -2.57. The van der Waals surface area contributed by atoms with Crippen molar-refractivity contribution in [1.29, 1.82) is 0 Å². The third kappa shape index (κ3) is 1.99. The molecule has 1 aliphatic rings. The highest BCUT2D eigenvalue weighted by atomic mass is 32.1. The van der Waals surface area contributed by atoms with E-state index >= 15 is 0 Å². The number of thiophene rings is 1. The number of nitrogens with one attached hydrogen (secondary N) is 1. The van der Waals surface area contributed by atoms with Crippen molar-refractivity contribution < 1.29 is 4.79 Å². The van der Waals surface area contributed by atoms with Gasteiger partial charge >= 0.3 is 0 Å². The molecule has 1 fully saturated rings. The van der Waals surface area contributed by atoms with Gasteiger partial charge in [0.05, 0.1) is 4.88 Å². The maximum atomic E-state index is 12.3. The smallest absolute Gasteiger partial charge is 0.264 e. The zero-order chi connectivity index (χ0) is 11.7. The van der Waals surface area contributed by atoms with Crippen LogP contribution in [0.3, 0.4) is 0 Å². The molecule has 0 bridgehead atoms. The van der Waals surface area contributed by atoms with Crippen LogP contribution in [-0.4, -0.2) is 36.0 Å². The van der Waals surface area contributed by atoms with Crippen molar-refractivity contribution in [2.45, 2.75) is 32.9 Å². The Balaban J connectivity index is 2.18. The van der Waals surface area contributed by atoms with Crippen LogP contribution in [0.15, 0.2) is 11.4 Å². The van der Waals surface area contributed by atoms with Gasteiger partial charge < -0.3 is 10.2 Å². The highest BCUT2D eigenvalue weighted by Gasteiger charge is 2.29. The fourth-order valence-electron chi connectivity index (χ4n) is 2.07. The maximum absolute atomic E-state index is 12.3. The van der Waals surface area contributed by atoms with E-state index in [2.05, 4.69) is 19.2 Å². The SMILES string of the molecule is Cc1ccsc1C(=O)N1CCNC(C)C1C. The van der Waals surface area contributed by atoms with Gasteiger partial charge in [0.1, 0.15) is 0 Å². The molecule has 1 amide bonds. The molecule has 0 saturated carbocycles. The maximum Gasteiger partial charge on any atom is 0.264 e. The molecule has 1 saturated heterocycles. The Morgan fingerprint density at radius 3 is 2.94 bits per heavy atom. The summed E-state index contributed by atoms with van der Waals surface area (Å²) in [5.74, 6) is 0.188. The highest BCUT2D eigenvalue weighted by Crippen LogP contribution is 2.20. The van der Waals surface area contributed by atoms with Gasteiger partial charge in [-0.15, -0.1) is 11.3 Å². The molecule has 0 spiro atoms. The second-order valence-corrected chi connectivity index (χ2v) is 5.33. The lowest BCUT2D eigenvalue weighted by atomic mass is 10.1. The first-order valence-corrected chi connectivity index (χ1v) is 6.57. The molecular formula is C12H18N2OS. The molecule has 2 atom stereocenters. The normalized spacial score (nSPS) is 25.8. The molecule has 1 N–H and O–H groups in total. The second-order valence-electron chi connectivity index (χ2n) is 4.41. The number of carbonyl (C=O) groups excluding carboxylic acids is 1. The molecule has 3 nitrogen and oxygen atoms in total. The quantitative estimate of drug-likeness (QED) is 0.810. The molecule has 1 aliphatic heterocycles. The Hall–Kier alpha value is -0.870. The summed E-state index contributed by atoms with van der Waals surface area (Å²) in [6, 6.07) is 2.65. The lowest BCUT2D eigenvalue weighted by molar-refractivity contribution is 0.0607. The Morgan fingerprint density at radius 1 is 1.56 bits per heavy atom. The Morgan fingerprint density at radius 2 is 2.31 bits per heavy atom. The van der Waals surface area contributed by atoms with Crippen LogP contribution in [0.4, 0.5) is 0 Å². The number of aryl methyl sites for hydroxylation is 1. The molecule has 2 rings (SSSR count). The van der Waals surface area contributed by atoms with E-state index in [-0.39, 0.29) is 11.9 Å². The standard InChI is InChI=1S/C12H18N2OS/c1-8-4-7-16-11(8)12(15)14-6-5-13-9(2)10(14)3/h4,7,9-10,13H,5-6H2,1-3H3. The third-order valence-electron chi connectivity index (χ3n) is 3.35. The van der Waals surface area contributed by atoms with Crippen molar-refractivity contribution in [3.05, 3.63) is 21.9 Å². The van der Waals surface area contributed by atoms with Gasteiger partial charge in [0.15, 0.2) is 0 Å². The van der Waals surface area contributed by atoms with Crippen LogP contribution in [0, 0.1) is 6.92 Å². The molecule has 2 heterocycles. The van der Waals surface area contributed by atoms with E-state index < -0.39 is 0 Å². The minimum atomic E-state index is 0.188. The number of piperazine rings is 1. The van der Waals surface area contributed by atoms with Crippen LogP contribution < -0.4 is 5.32 Å². The zero-order valence-electron chi connectivity index (χ0n) is 9.99. The average Bonchev–Trinajstić information content (AvgIpc) is 2.68. The van der Waals surface area contributed by atoms with Crippen molar-refractivity contribution in [1.82, 2.24) is 10.2 Å². The van der Waals surface area contributed by atoms with Crippen molar-refractivity contribution in [3.8, 4) is 0 Å². The second kappa shape index (κ2) is 4.55. The number of hydrogen-bond donors (Lipinski definition) is 1. The largest absolute Gasteiger partial charge is 0.332 e. The molecule has 16 heavy (non-hydrogen) atoms. The van der Waals surface area contributed by atoms with Crippen molar-refractivity contribution in [2.75, 3.05) is 13.1 Å². The average molecular weight is 238 g/mol. The number of amides is 1. The zero-order valence-corrected chi connectivity index (χ0v) is 10.8. The van der Waals surface area contributed by atoms with Gasteiger partial charge in [0.2, 0.25) is 0 Å². The summed E-state index contributed by atoms with van der Waals surface area (Å²) < 4.78 is 0. The first-order chi connectivity index (χ1) is 7.61. The van der Waals surface area contributed by atoms with Crippen LogP contribution in [0.25, 0.3) is 0 Å². The molecule has 0 aliphatic carbocycles. The first-order valence-electron chi connectivity index (χ1n) is 5.69. The van der Waals surface area contributed by atoms with E-state index in [0.717, 1.165) is 23.5 Å². The molecule has 1 aromatic rings. The van der Waals surface area contributed by atoms with Gasteiger partial charge in [-0.2, -0.15) is 0 Å². The number of rotatable bonds is 1. The van der Waals surface area contributed by atoms with Crippen LogP contribution in [0.1, 0.15) is 29.1 Å². The fraction of sp³-hybridized carbons (Fsp3) is 0.583. The van der Waals surface area contributed by atoms with Crippen LogP contribution >= 0.6 is 11.3 Å². The van der Waals surface area contributed by atoms with E-state index in [4.69, 9.17) is 0 Å². The number of hydrogen-bond acceptors (Lipinski definition) is 3. The van der Waals surface area contributed by atoms with Gasteiger partial charge in [-0.05, 0) is 37.8 Å². The van der Waals surface area contributed by atoms with Crippen LogP contribution in [0.5, 0.6) is 0 Å². The van der Waals surface area contributed by atoms with Gasteiger partial charge in [-0.25, -0.2) is 0 Å². The Kier molecular flexibility index (Phi) is 3.30. The summed E-state index contributed by atoms with van der Waals surface area (Å²) in [5.41, 5.74) is 1.09. The van der Waals surface area contributed by atoms with E-state index in [0.29, 0.717) is 6.04 Å². The van der Waals surface area contributed by atoms with Crippen LogP contribution in [0.2, 0.25) is 0 Å². The first kappa shape index (κ1) is 11.6. The van der Waals surface area contributed by atoms with Gasteiger partial charge in [-0.1, -0.05) is 0 Å². The molecule has 0 aromatic carbocycles. The van der Waals surface area contributed by atoms with Crippen molar-refractivity contribution >= 4 is 17.2 Å². The lowest BCUT2D eigenvalue weighted by Gasteiger charge is -2.38. The Bertz CT molecular complexity index is 388. The number of carbonyl (C=O) groups is 1. The van der Waals surface area contributed by atoms with Gasteiger partial charge in [-0.3, -0.25) is 4.79 Å². The summed E-state index contributed by atoms with van der Waals surface area (Å²) in [4.78, 5) is 15.2. The summed E-state index contributed by atoms with van der Waals surface area (Å²) in [6.07, 6.45) is 0. The predicted molar refractivity (Wildman–Crippen MR) is 67.0 cm³/mol. The molecule has 1 aromatic heterocycles. The van der Waals surface area contributed by atoms with Gasteiger partial charge in [0.25, 0.3) is 5.91 Å². The number of nitrogens with zero attached hydrogens (tertiary/aromatic N) is 1. The van der Waals surface area contributed by atoms with Crippen LogP contribution in [-0.2, 0) is 0 Å². The fourth-order valence-corrected chi connectivity index (χ4v) is 2.95. The molecular weight excluding hydrogens is 220 g/mol. The molecule has 0 radical (unpaired) electrons. The van der Waals surface area contributed by atoms with E-state index in [1.54, 1.807) is 11.3 Å². The minimum Gasteiger partial charge on any atom is -0.332 e. The van der Waals surface area contributed by atoms with Crippen molar-refractivity contribution in [2.24, 2.45) is 0 Å². The predicted octanol–water partition coefficient (Wildman–Crippen LogP) is 1.88. The van der Waals surface area contributed by atoms with E-state index in [1.165, 1.54) is 0 Å². The third-order valence-corrected chi connectivity index (χ3v) is 4.36.